The monoisotopic (exact) mass is 344 g/mol. The van der Waals surface area contributed by atoms with Crippen molar-refractivity contribution in [3.8, 4) is 0 Å². The number of aliphatic imine (C=N–C) groups is 1. The summed E-state index contributed by atoms with van der Waals surface area (Å²) >= 11 is 0. The molecule has 0 aliphatic heterocycles. The van der Waals surface area contributed by atoms with Crippen LogP contribution in [0.3, 0.4) is 0 Å². The number of rotatable bonds is 8. The van der Waals surface area contributed by atoms with Gasteiger partial charge in [-0.15, -0.1) is 0 Å². The summed E-state index contributed by atoms with van der Waals surface area (Å²) in [7, 11) is 0. The second-order valence-corrected chi connectivity index (χ2v) is 6.81. The molecule has 5 heteroatoms. The number of carbonyl (C=O) groups excluding carboxylic acids is 1. The number of guanidine groups is 1. The van der Waals surface area contributed by atoms with Crippen molar-refractivity contribution in [3.05, 3.63) is 35.4 Å². The van der Waals surface area contributed by atoms with Crippen molar-refractivity contribution in [3.63, 3.8) is 0 Å². The number of hydrogen-bond donors (Lipinski definition) is 3. The molecule has 138 valence electrons. The Morgan fingerprint density at radius 3 is 2.24 bits per heavy atom. The number of nitrogens with one attached hydrogen (secondary N) is 3. The van der Waals surface area contributed by atoms with E-state index in [1.165, 1.54) is 25.7 Å². The highest BCUT2D eigenvalue weighted by atomic mass is 16.1. The van der Waals surface area contributed by atoms with Crippen molar-refractivity contribution in [2.45, 2.75) is 53.0 Å². The molecule has 1 aliphatic carbocycles. The first kappa shape index (κ1) is 19.3. The van der Waals surface area contributed by atoms with Crippen molar-refractivity contribution in [2.75, 3.05) is 19.6 Å². The van der Waals surface area contributed by atoms with Gasteiger partial charge >= 0.3 is 0 Å². The molecule has 0 unspecified atom stereocenters. The third-order valence-electron chi connectivity index (χ3n) is 5.11. The van der Waals surface area contributed by atoms with Crippen LogP contribution in [0, 0.1) is 5.41 Å². The molecule has 5 nitrogen and oxygen atoms in total. The summed E-state index contributed by atoms with van der Waals surface area (Å²) in [5.74, 6) is 0.841. The van der Waals surface area contributed by atoms with Crippen molar-refractivity contribution < 1.29 is 4.79 Å². The molecule has 1 amide bonds. The SMILES string of the molecule is CCNC(=O)c1ccc(CN=C(NCC)NCC2(CC)CCC2)cc1. The summed E-state index contributed by atoms with van der Waals surface area (Å²) in [6.07, 6.45) is 5.20. The maximum atomic E-state index is 11.8. The van der Waals surface area contributed by atoms with Crippen LogP contribution in [0.15, 0.2) is 29.3 Å². The fourth-order valence-corrected chi connectivity index (χ4v) is 3.14. The first-order valence-electron chi connectivity index (χ1n) is 9.52. The second-order valence-electron chi connectivity index (χ2n) is 6.81. The van der Waals surface area contributed by atoms with E-state index in [4.69, 9.17) is 0 Å². The largest absolute Gasteiger partial charge is 0.357 e. The number of hydrogen-bond acceptors (Lipinski definition) is 2. The third kappa shape index (κ3) is 5.48. The smallest absolute Gasteiger partial charge is 0.251 e. The van der Waals surface area contributed by atoms with Crippen LogP contribution in [-0.4, -0.2) is 31.5 Å². The van der Waals surface area contributed by atoms with Gasteiger partial charge in [-0.1, -0.05) is 25.5 Å². The molecule has 0 radical (unpaired) electrons. The van der Waals surface area contributed by atoms with Crippen molar-refractivity contribution in [1.82, 2.24) is 16.0 Å². The maximum Gasteiger partial charge on any atom is 0.251 e. The number of nitrogens with zero attached hydrogens (tertiary/aromatic N) is 1. The number of amides is 1. The van der Waals surface area contributed by atoms with Crippen LogP contribution in [0.1, 0.15) is 62.4 Å². The van der Waals surface area contributed by atoms with Crippen molar-refractivity contribution in [1.29, 1.82) is 0 Å². The van der Waals surface area contributed by atoms with Crippen LogP contribution in [0.2, 0.25) is 0 Å². The molecule has 3 N–H and O–H groups in total. The fraction of sp³-hybridized carbons (Fsp3) is 0.600. The molecule has 0 bridgehead atoms. The van der Waals surface area contributed by atoms with E-state index in [-0.39, 0.29) is 5.91 Å². The van der Waals surface area contributed by atoms with Gasteiger partial charge in [-0.25, -0.2) is 4.99 Å². The van der Waals surface area contributed by atoms with Crippen LogP contribution in [-0.2, 0) is 6.54 Å². The molecule has 1 aliphatic rings. The van der Waals surface area contributed by atoms with Crippen LogP contribution < -0.4 is 16.0 Å². The Bertz CT molecular complexity index is 570. The van der Waals surface area contributed by atoms with Gasteiger partial charge in [0.05, 0.1) is 6.54 Å². The lowest BCUT2D eigenvalue weighted by Gasteiger charge is -2.41. The van der Waals surface area contributed by atoms with E-state index in [2.05, 4.69) is 34.8 Å². The van der Waals surface area contributed by atoms with Crippen LogP contribution >= 0.6 is 0 Å². The zero-order valence-electron chi connectivity index (χ0n) is 15.8. The molecule has 1 aromatic carbocycles. The Balaban J connectivity index is 1.92. The molecule has 2 rings (SSSR count). The molecule has 0 spiro atoms. The Labute approximate surface area is 151 Å². The van der Waals surface area contributed by atoms with Gasteiger partial charge in [-0.2, -0.15) is 0 Å². The van der Waals surface area contributed by atoms with Crippen LogP contribution in [0.4, 0.5) is 0 Å². The quantitative estimate of drug-likeness (QED) is 0.501. The topological polar surface area (TPSA) is 65.5 Å². The molecule has 0 heterocycles. The number of benzene rings is 1. The average Bonchev–Trinajstić information content (AvgIpc) is 2.59. The maximum absolute atomic E-state index is 11.8. The molecule has 0 aromatic heterocycles. The molecular formula is C20H32N4O. The minimum atomic E-state index is -0.0297. The number of carbonyl (C=O) groups is 1. The fourth-order valence-electron chi connectivity index (χ4n) is 3.14. The lowest BCUT2D eigenvalue weighted by Crippen LogP contribution is -2.46. The Kier molecular flexibility index (Phi) is 7.29. The van der Waals surface area contributed by atoms with E-state index in [1.807, 2.05) is 31.2 Å². The molecular weight excluding hydrogens is 312 g/mol. The molecule has 1 saturated carbocycles. The van der Waals surface area contributed by atoms with E-state index < -0.39 is 0 Å². The summed E-state index contributed by atoms with van der Waals surface area (Å²) in [6, 6.07) is 7.65. The van der Waals surface area contributed by atoms with Gasteiger partial charge in [-0.3, -0.25) is 4.79 Å². The summed E-state index contributed by atoms with van der Waals surface area (Å²) in [4.78, 5) is 16.5. The lowest BCUT2D eigenvalue weighted by atomic mass is 9.67. The predicted octanol–water partition coefficient (Wildman–Crippen LogP) is 3.07. The summed E-state index contributed by atoms with van der Waals surface area (Å²) < 4.78 is 0. The predicted molar refractivity (Wildman–Crippen MR) is 104 cm³/mol. The van der Waals surface area contributed by atoms with Gasteiger partial charge in [0.25, 0.3) is 5.91 Å². The van der Waals surface area contributed by atoms with Gasteiger partial charge < -0.3 is 16.0 Å². The molecule has 1 fully saturated rings. The third-order valence-corrected chi connectivity index (χ3v) is 5.11. The minimum absolute atomic E-state index is 0.0297. The zero-order chi connectivity index (χ0) is 18.1. The molecule has 1 aromatic rings. The Morgan fingerprint density at radius 2 is 1.72 bits per heavy atom. The first-order chi connectivity index (χ1) is 12.1. The van der Waals surface area contributed by atoms with Gasteiger partial charge in [0.15, 0.2) is 5.96 Å². The summed E-state index contributed by atoms with van der Waals surface area (Å²) in [6.45, 7) is 9.36. The highest BCUT2D eigenvalue weighted by Gasteiger charge is 2.34. The average molecular weight is 345 g/mol. The van der Waals surface area contributed by atoms with Gasteiger partial charge in [-0.05, 0) is 56.2 Å². The highest BCUT2D eigenvalue weighted by Crippen LogP contribution is 2.42. The summed E-state index contributed by atoms with van der Waals surface area (Å²) in [5.41, 5.74) is 2.25. The van der Waals surface area contributed by atoms with Crippen LogP contribution in [0.25, 0.3) is 0 Å². The summed E-state index contributed by atoms with van der Waals surface area (Å²) in [5, 5.41) is 9.63. The molecule has 0 atom stereocenters. The Hall–Kier alpha value is -2.04. The van der Waals surface area contributed by atoms with E-state index in [0.717, 1.165) is 24.6 Å². The highest BCUT2D eigenvalue weighted by molar-refractivity contribution is 5.94. The van der Waals surface area contributed by atoms with Crippen LogP contribution in [0.5, 0.6) is 0 Å². The standard InChI is InChI=1S/C20H32N4O/c1-4-20(12-7-13-20)15-24-19(22-6-3)23-14-16-8-10-17(11-9-16)18(25)21-5-2/h8-11H,4-7,12-15H2,1-3H3,(H,21,25)(H2,22,23,24). The van der Waals surface area contributed by atoms with Crippen molar-refractivity contribution >= 4 is 11.9 Å². The van der Waals surface area contributed by atoms with Crippen molar-refractivity contribution in [2.24, 2.45) is 10.4 Å². The normalized spacial score (nSPS) is 16.0. The van der Waals surface area contributed by atoms with E-state index in [1.54, 1.807) is 0 Å². The minimum Gasteiger partial charge on any atom is -0.357 e. The lowest BCUT2D eigenvalue weighted by molar-refractivity contribution is 0.0956. The second kappa shape index (κ2) is 9.44. The molecule has 25 heavy (non-hydrogen) atoms. The van der Waals surface area contributed by atoms with E-state index in [9.17, 15) is 4.79 Å². The van der Waals surface area contributed by atoms with E-state index in [0.29, 0.717) is 24.1 Å². The van der Waals surface area contributed by atoms with E-state index >= 15 is 0 Å². The first-order valence-corrected chi connectivity index (χ1v) is 9.52. The zero-order valence-corrected chi connectivity index (χ0v) is 15.8. The molecule has 0 saturated heterocycles. The Morgan fingerprint density at radius 1 is 1.04 bits per heavy atom. The van der Waals surface area contributed by atoms with Gasteiger partial charge in [0.2, 0.25) is 0 Å². The van der Waals surface area contributed by atoms with Gasteiger partial charge in [0, 0.05) is 25.2 Å². The van der Waals surface area contributed by atoms with Gasteiger partial charge in [0.1, 0.15) is 0 Å².